The monoisotopic (exact) mass is 382 g/mol. The quantitative estimate of drug-likeness (QED) is 0.589. The first-order valence-corrected chi connectivity index (χ1v) is 8.80. The Kier molecular flexibility index (Phi) is 5.26. The first kappa shape index (κ1) is 18.0. The van der Waals surface area contributed by atoms with E-state index >= 15 is 0 Å². The summed E-state index contributed by atoms with van der Waals surface area (Å²) in [5.74, 6) is 0.934. The van der Waals surface area contributed by atoms with Gasteiger partial charge in [-0.3, -0.25) is 9.69 Å². The van der Waals surface area contributed by atoms with Crippen LogP contribution in [0.2, 0.25) is 0 Å². The van der Waals surface area contributed by atoms with E-state index in [1.807, 2.05) is 6.07 Å². The van der Waals surface area contributed by atoms with Crippen molar-refractivity contribution in [2.24, 2.45) is 0 Å². The van der Waals surface area contributed by atoms with Crippen molar-refractivity contribution in [3.05, 3.63) is 58.5 Å². The summed E-state index contributed by atoms with van der Waals surface area (Å²) in [5.41, 5.74) is 1.68. The third-order valence-electron chi connectivity index (χ3n) is 3.76. The molecule has 0 aromatic heterocycles. The molecule has 3 rings (SSSR count). The third kappa shape index (κ3) is 3.29. The highest BCUT2D eigenvalue weighted by Crippen LogP contribution is 2.38. The molecule has 0 spiro atoms. The first-order valence-electron chi connectivity index (χ1n) is 7.58. The van der Waals surface area contributed by atoms with Crippen LogP contribution in [0, 0.1) is 11.3 Å². The van der Waals surface area contributed by atoms with E-state index in [1.165, 1.54) is 16.7 Å². The van der Waals surface area contributed by atoms with Gasteiger partial charge in [0.15, 0.2) is 15.8 Å². The fourth-order valence-electron chi connectivity index (χ4n) is 2.53. The van der Waals surface area contributed by atoms with Crippen LogP contribution < -0.4 is 14.4 Å². The molecule has 1 fully saturated rings. The number of hydrogen-bond donors (Lipinski definition) is 0. The van der Waals surface area contributed by atoms with Gasteiger partial charge in [0.25, 0.3) is 5.91 Å². The Labute approximate surface area is 160 Å². The zero-order valence-electron chi connectivity index (χ0n) is 14.1. The number of thiocarbonyl (C=S) groups is 1. The fraction of sp³-hybridized carbons (Fsp3) is 0.105. The Bertz CT molecular complexity index is 963. The molecule has 1 aliphatic heterocycles. The normalized spacial score (nSPS) is 15.3. The average Bonchev–Trinajstić information content (AvgIpc) is 2.94. The second kappa shape index (κ2) is 7.60. The smallest absolute Gasteiger partial charge is 0.270 e. The summed E-state index contributed by atoms with van der Waals surface area (Å²) in [7, 11) is 3.12. The zero-order valence-corrected chi connectivity index (χ0v) is 15.7. The van der Waals surface area contributed by atoms with Gasteiger partial charge in [0.2, 0.25) is 0 Å². The molecule has 26 heavy (non-hydrogen) atoms. The molecule has 5 nitrogen and oxygen atoms in total. The van der Waals surface area contributed by atoms with Crippen molar-refractivity contribution < 1.29 is 14.3 Å². The summed E-state index contributed by atoms with van der Waals surface area (Å²) in [6, 6.07) is 14.4. The molecule has 0 atom stereocenters. The summed E-state index contributed by atoms with van der Waals surface area (Å²) >= 11 is 6.56. The van der Waals surface area contributed by atoms with Crippen LogP contribution in [-0.4, -0.2) is 24.4 Å². The lowest BCUT2D eigenvalue weighted by Crippen LogP contribution is -2.28. The number of amides is 1. The largest absolute Gasteiger partial charge is 0.493 e. The Morgan fingerprint density at radius 3 is 2.58 bits per heavy atom. The number of carbonyl (C=O) groups excluding carboxylic acids is 1. The molecule has 2 aromatic carbocycles. The number of carbonyl (C=O) groups is 1. The van der Waals surface area contributed by atoms with Gasteiger partial charge in [-0.2, -0.15) is 5.26 Å². The summed E-state index contributed by atoms with van der Waals surface area (Å²) < 4.78 is 10.9. The van der Waals surface area contributed by atoms with Gasteiger partial charge in [-0.1, -0.05) is 42.2 Å². The van der Waals surface area contributed by atoms with Crippen LogP contribution in [0.1, 0.15) is 11.1 Å². The molecule has 1 amide bonds. The van der Waals surface area contributed by atoms with Gasteiger partial charge < -0.3 is 9.47 Å². The molecule has 0 aliphatic carbocycles. The molecule has 7 heteroatoms. The lowest BCUT2D eigenvalue weighted by atomic mass is 10.1. The summed E-state index contributed by atoms with van der Waals surface area (Å²) in [4.78, 5) is 14.7. The number of benzene rings is 2. The maximum absolute atomic E-state index is 12.9. The Balaban J connectivity index is 1.97. The Morgan fingerprint density at radius 2 is 1.88 bits per heavy atom. The van der Waals surface area contributed by atoms with Crippen LogP contribution >= 0.6 is 24.0 Å². The van der Waals surface area contributed by atoms with E-state index in [2.05, 4.69) is 6.07 Å². The average molecular weight is 382 g/mol. The summed E-state index contributed by atoms with van der Waals surface area (Å²) in [6.45, 7) is 0. The predicted octanol–water partition coefficient (Wildman–Crippen LogP) is 3.98. The van der Waals surface area contributed by atoms with Gasteiger partial charge in [-0.05, 0) is 35.9 Å². The van der Waals surface area contributed by atoms with Crippen molar-refractivity contribution in [1.29, 1.82) is 5.26 Å². The van der Waals surface area contributed by atoms with Gasteiger partial charge in [-0.25, -0.2) is 0 Å². The maximum atomic E-state index is 12.9. The molecular formula is C19H14N2O3S2. The second-order valence-corrected chi connectivity index (χ2v) is 6.94. The maximum Gasteiger partial charge on any atom is 0.270 e. The molecule has 2 aromatic rings. The minimum absolute atomic E-state index is 0.252. The molecule has 0 saturated carbocycles. The number of ether oxygens (including phenoxy) is 2. The number of hydrogen-bond acceptors (Lipinski definition) is 6. The molecule has 1 heterocycles. The van der Waals surface area contributed by atoms with Crippen LogP contribution in [0.3, 0.4) is 0 Å². The van der Waals surface area contributed by atoms with Crippen LogP contribution in [0.15, 0.2) is 47.4 Å². The third-order valence-corrected chi connectivity index (χ3v) is 5.07. The molecule has 0 N–H and O–H groups in total. The van der Waals surface area contributed by atoms with Crippen molar-refractivity contribution in [1.82, 2.24) is 0 Å². The van der Waals surface area contributed by atoms with E-state index < -0.39 is 0 Å². The Morgan fingerprint density at radius 1 is 1.15 bits per heavy atom. The van der Waals surface area contributed by atoms with E-state index in [9.17, 15) is 10.1 Å². The SMILES string of the molecule is COc1ccc(/C=C2\SC(=S)N(c3ccccc3C#N)C2=O)cc1OC. The van der Waals surface area contributed by atoms with E-state index in [4.69, 9.17) is 21.7 Å². The molecule has 1 aliphatic rings. The van der Waals surface area contributed by atoms with Crippen molar-refractivity contribution in [2.45, 2.75) is 0 Å². The fourth-order valence-corrected chi connectivity index (χ4v) is 3.82. The molecule has 0 bridgehead atoms. The lowest BCUT2D eigenvalue weighted by molar-refractivity contribution is -0.113. The minimum atomic E-state index is -0.252. The molecule has 0 radical (unpaired) electrons. The number of nitriles is 1. The number of anilines is 1. The van der Waals surface area contributed by atoms with E-state index in [-0.39, 0.29) is 5.91 Å². The van der Waals surface area contributed by atoms with Crippen molar-refractivity contribution >= 4 is 46.0 Å². The van der Waals surface area contributed by atoms with Crippen molar-refractivity contribution in [3.8, 4) is 17.6 Å². The van der Waals surface area contributed by atoms with Crippen LogP contribution in [0.25, 0.3) is 6.08 Å². The summed E-state index contributed by atoms with van der Waals surface area (Å²) in [5, 5.41) is 9.28. The zero-order chi connectivity index (χ0) is 18.7. The number of rotatable bonds is 4. The first-order chi connectivity index (χ1) is 12.6. The van der Waals surface area contributed by atoms with Gasteiger partial charge in [0.1, 0.15) is 6.07 Å². The number of methoxy groups -OCH3 is 2. The lowest BCUT2D eigenvalue weighted by Gasteiger charge is -2.15. The van der Waals surface area contributed by atoms with Gasteiger partial charge in [-0.15, -0.1) is 0 Å². The van der Waals surface area contributed by atoms with Crippen molar-refractivity contribution in [3.63, 3.8) is 0 Å². The number of thioether (sulfide) groups is 1. The standard InChI is InChI=1S/C19H14N2O3S2/c1-23-15-8-7-12(9-16(15)24-2)10-17-18(22)21(19(25)26-17)14-6-4-3-5-13(14)11-20/h3-10H,1-2H3/b17-10-. The van der Waals surface area contributed by atoms with Gasteiger partial charge in [0, 0.05) is 0 Å². The molecular weight excluding hydrogens is 368 g/mol. The topological polar surface area (TPSA) is 62.6 Å². The molecule has 1 saturated heterocycles. The molecule has 0 unspecified atom stereocenters. The number of para-hydroxylation sites is 1. The molecule has 130 valence electrons. The Hall–Kier alpha value is -2.82. The number of nitrogens with zero attached hydrogens (tertiary/aromatic N) is 2. The van der Waals surface area contributed by atoms with Crippen LogP contribution in [0.5, 0.6) is 11.5 Å². The second-order valence-electron chi connectivity index (χ2n) is 5.26. The van der Waals surface area contributed by atoms with E-state index in [1.54, 1.807) is 56.7 Å². The van der Waals surface area contributed by atoms with E-state index in [0.29, 0.717) is 32.0 Å². The van der Waals surface area contributed by atoms with Gasteiger partial charge in [0.05, 0.1) is 30.4 Å². The minimum Gasteiger partial charge on any atom is -0.493 e. The predicted molar refractivity (Wildman–Crippen MR) is 106 cm³/mol. The highest BCUT2D eigenvalue weighted by Gasteiger charge is 2.34. The summed E-state index contributed by atoms with van der Waals surface area (Å²) in [6.07, 6.45) is 1.75. The van der Waals surface area contributed by atoms with E-state index in [0.717, 1.165) is 5.56 Å². The highest BCUT2D eigenvalue weighted by molar-refractivity contribution is 8.27. The van der Waals surface area contributed by atoms with Crippen molar-refractivity contribution in [2.75, 3.05) is 19.1 Å². The van der Waals surface area contributed by atoms with Crippen LogP contribution in [0.4, 0.5) is 5.69 Å². The highest BCUT2D eigenvalue weighted by atomic mass is 32.2. The van der Waals surface area contributed by atoms with Crippen LogP contribution in [-0.2, 0) is 4.79 Å². The van der Waals surface area contributed by atoms with Gasteiger partial charge >= 0.3 is 0 Å².